The summed E-state index contributed by atoms with van der Waals surface area (Å²) in [5, 5.41) is 0. The molecule has 0 unspecified atom stereocenters. The third-order valence-electron chi connectivity index (χ3n) is 7.07. The first kappa shape index (κ1) is 26.8. The maximum Gasteiger partial charge on any atom is 0.342 e. The molecule has 0 spiro atoms. The Bertz CT molecular complexity index is 1830. The average molecular weight is 564 g/mol. The van der Waals surface area contributed by atoms with Gasteiger partial charge in [-0.3, -0.25) is 9.69 Å². The van der Waals surface area contributed by atoms with Gasteiger partial charge in [-0.05, 0) is 50.2 Å². The number of nitrogens with two attached hydrogens (primary N) is 1. The topological polar surface area (TPSA) is 137 Å². The summed E-state index contributed by atoms with van der Waals surface area (Å²) in [6.45, 7) is 0.710. The molecule has 0 saturated heterocycles. The number of hydrogen-bond acceptors (Lipinski definition) is 9. The highest BCUT2D eigenvalue weighted by Crippen LogP contribution is 2.26. The molecule has 3 heterocycles. The van der Waals surface area contributed by atoms with Crippen molar-refractivity contribution in [1.29, 1.82) is 0 Å². The number of hydrogen-bond donors (Lipinski definition) is 1. The number of amides is 1. The fraction of sp³-hybridized carbons (Fsp3) is 0.200. The maximum absolute atomic E-state index is 13.9. The number of anilines is 2. The summed E-state index contributed by atoms with van der Waals surface area (Å²) >= 11 is 0. The molecule has 1 amide bonds. The third kappa shape index (κ3) is 5.34. The Kier molecular flexibility index (Phi) is 7.19. The number of nitrogens with zero attached hydrogens (tertiary/aromatic N) is 8. The van der Waals surface area contributed by atoms with Gasteiger partial charge in [0.2, 0.25) is 11.9 Å². The van der Waals surface area contributed by atoms with E-state index in [0.29, 0.717) is 35.5 Å². The van der Waals surface area contributed by atoms with Crippen molar-refractivity contribution in [2.45, 2.75) is 18.9 Å². The molecule has 0 bridgehead atoms. The summed E-state index contributed by atoms with van der Waals surface area (Å²) in [6, 6.07) is 16.9. The highest BCUT2D eigenvalue weighted by Gasteiger charge is 2.25. The molecule has 2 N–H and O–H groups in total. The molecule has 12 heteroatoms. The van der Waals surface area contributed by atoms with E-state index in [1.807, 2.05) is 36.4 Å². The van der Waals surface area contributed by atoms with E-state index < -0.39 is 5.69 Å². The van der Waals surface area contributed by atoms with E-state index in [9.17, 15) is 9.59 Å². The molecule has 212 valence electrons. The van der Waals surface area contributed by atoms with Crippen molar-refractivity contribution >= 4 is 28.6 Å². The van der Waals surface area contributed by atoms with E-state index in [1.54, 1.807) is 37.4 Å². The van der Waals surface area contributed by atoms with E-state index in [0.717, 1.165) is 0 Å². The number of nitrogen functional groups attached to an aromatic ring is 1. The van der Waals surface area contributed by atoms with E-state index >= 15 is 0 Å². The Hall–Kier alpha value is -5.36. The Morgan fingerprint density at radius 2 is 1.76 bits per heavy atom. The summed E-state index contributed by atoms with van der Waals surface area (Å²) in [6.07, 6.45) is 10.1. The second kappa shape index (κ2) is 11.3. The maximum atomic E-state index is 13.9. The van der Waals surface area contributed by atoms with Gasteiger partial charge in [0.15, 0.2) is 17.2 Å². The van der Waals surface area contributed by atoms with Gasteiger partial charge in [0.1, 0.15) is 17.6 Å². The minimum Gasteiger partial charge on any atom is -0.454 e. The Balaban J connectivity index is 1.33. The van der Waals surface area contributed by atoms with E-state index in [4.69, 9.17) is 10.5 Å². The normalized spacial score (nSPS) is 13.2. The van der Waals surface area contributed by atoms with Crippen LogP contribution < -0.4 is 21.1 Å². The molecule has 2 aromatic carbocycles. The lowest BCUT2D eigenvalue weighted by Crippen LogP contribution is -2.26. The van der Waals surface area contributed by atoms with E-state index in [-0.39, 0.29) is 28.8 Å². The molecule has 1 fully saturated rings. The fourth-order valence-corrected chi connectivity index (χ4v) is 4.63. The minimum atomic E-state index is -0.497. The van der Waals surface area contributed by atoms with Crippen molar-refractivity contribution in [2.24, 2.45) is 0 Å². The molecule has 1 aliphatic rings. The highest BCUT2D eigenvalue weighted by atomic mass is 16.5. The van der Waals surface area contributed by atoms with Gasteiger partial charge in [-0.25, -0.2) is 33.9 Å². The smallest absolute Gasteiger partial charge is 0.342 e. The molecule has 0 atom stereocenters. The summed E-state index contributed by atoms with van der Waals surface area (Å²) in [4.78, 5) is 47.7. The molecule has 3 aromatic heterocycles. The number of para-hydroxylation sites is 1. The zero-order chi connectivity index (χ0) is 29.2. The number of aromatic nitrogens is 6. The first-order valence-corrected chi connectivity index (χ1v) is 13.4. The molecular formula is C30H29N9O3. The van der Waals surface area contributed by atoms with Gasteiger partial charge >= 0.3 is 5.69 Å². The third-order valence-corrected chi connectivity index (χ3v) is 7.07. The van der Waals surface area contributed by atoms with Crippen LogP contribution in [-0.4, -0.2) is 66.6 Å². The van der Waals surface area contributed by atoms with E-state index in [1.165, 1.54) is 45.6 Å². The standard InChI is InChI=1S/C30H29N9O3/c1-36(20-13-14-20)15-7-12-25(40)37(2)21-8-6-9-22(16-21)38-28-26(27(31)34-19-35-28)39(30(38)41)29-32-17-24(18-33-29)42-23-10-4-3-5-11-23/h3-12,16-20H,13-15H2,1-2H3,(H2,31,34,35). The summed E-state index contributed by atoms with van der Waals surface area (Å²) in [7, 11) is 3.75. The lowest BCUT2D eigenvalue weighted by molar-refractivity contribution is -0.113. The monoisotopic (exact) mass is 563 g/mol. The molecule has 12 nitrogen and oxygen atoms in total. The zero-order valence-corrected chi connectivity index (χ0v) is 23.2. The van der Waals surface area contributed by atoms with Gasteiger partial charge in [-0.2, -0.15) is 0 Å². The number of likely N-dealkylation sites (N-methyl/N-ethyl adjacent to an activating group) is 2. The molecule has 1 saturated carbocycles. The molecule has 0 radical (unpaired) electrons. The number of fused-ring (bicyclic) bond motifs is 1. The largest absolute Gasteiger partial charge is 0.454 e. The summed E-state index contributed by atoms with van der Waals surface area (Å²) in [5.74, 6) is 1.03. The second-order valence-electron chi connectivity index (χ2n) is 10.0. The van der Waals surface area contributed by atoms with Crippen LogP contribution >= 0.6 is 0 Å². The number of imidazole rings is 1. The van der Waals surface area contributed by atoms with Gasteiger partial charge in [-0.15, -0.1) is 0 Å². The molecule has 42 heavy (non-hydrogen) atoms. The van der Waals surface area contributed by atoms with Crippen LogP contribution in [0.1, 0.15) is 12.8 Å². The Labute approximate surface area is 241 Å². The van der Waals surface area contributed by atoms with Crippen LogP contribution in [-0.2, 0) is 4.79 Å². The highest BCUT2D eigenvalue weighted by molar-refractivity contribution is 6.01. The van der Waals surface area contributed by atoms with E-state index in [2.05, 4.69) is 31.9 Å². The SMILES string of the molecule is CN(C(=O)C=CCN(C)C1CC1)c1cccc(-n2c(=O)n(-c3ncc(Oc4ccccc4)cn3)c3c(N)ncnc32)c1. The zero-order valence-electron chi connectivity index (χ0n) is 23.2. The van der Waals surface area contributed by atoms with Crippen LogP contribution in [0, 0.1) is 0 Å². The van der Waals surface area contributed by atoms with Crippen molar-refractivity contribution in [3.63, 3.8) is 0 Å². The fourth-order valence-electron chi connectivity index (χ4n) is 4.63. The van der Waals surface area contributed by atoms with Crippen molar-refractivity contribution in [3.05, 3.63) is 96.0 Å². The van der Waals surface area contributed by atoms with Crippen molar-refractivity contribution in [1.82, 2.24) is 34.0 Å². The van der Waals surface area contributed by atoms with Crippen LogP contribution in [0.4, 0.5) is 11.5 Å². The number of carbonyl (C=O) groups excluding carboxylic acids is 1. The van der Waals surface area contributed by atoms with Crippen LogP contribution in [0.5, 0.6) is 11.5 Å². The molecular weight excluding hydrogens is 534 g/mol. The first-order chi connectivity index (χ1) is 20.4. The van der Waals surface area contributed by atoms with Crippen LogP contribution in [0.15, 0.2) is 90.3 Å². The molecule has 1 aliphatic carbocycles. The quantitative estimate of drug-likeness (QED) is 0.268. The predicted octanol–water partition coefficient (Wildman–Crippen LogP) is 3.35. The van der Waals surface area contributed by atoms with Crippen LogP contribution in [0.2, 0.25) is 0 Å². The predicted molar refractivity (Wildman–Crippen MR) is 159 cm³/mol. The minimum absolute atomic E-state index is 0.0791. The summed E-state index contributed by atoms with van der Waals surface area (Å²) in [5.41, 5.74) is 7.35. The van der Waals surface area contributed by atoms with Gasteiger partial charge < -0.3 is 15.4 Å². The summed E-state index contributed by atoms with van der Waals surface area (Å²) < 4.78 is 8.44. The van der Waals surface area contributed by atoms with Crippen LogP contribution in [0.3, 0.4) is 0 Å². The Morgan fingerprint density at radius 1 is 1.00 bits per heavy atom. The first-order valence-electron chi connectivity index (χ1n) is 13.4. The van der Waals surface area contributed by atoms with Gasteiger partial charge in [-0.1, -0.05) is 30.3 Å². The Morgan fingerprint density at radius 3 is 2.50 bits per heavy atom. The lowest BCUT2D eigenvalue weighted by Gasteiger charge is -2.17. The van der Waals surface area contributed by atoms with Gasteiger partial charge in [0.05, 0.1) is 18.1 Å². The van der Waals surface area contributed by atoms with Gasteiger partial charge in [0, 0.05) is 31.4 Å². The van der Waals surface area contributed by atoms with Crippen molar-refractivity contribution in [3.8, 4) is 23.1 Å². The average Bonchev–Trinajstić information content (AvgIpc) is 3.81. The molecule has 0 aliphatic heterocycles. The van der Waals surface area contributed by atoms with Crippen LogP contribution in [0.25, 0.3) is 22.8 Å². The van der Waals surface area contributed by atoms with Crippen molar-refractivity contribution in [2.75, 3.05) is 31.3 Å². The number of ether oxygens (including phenoxy) is 1. The number of carbonyl (C=O) groups is 1. The van der Waals surface area contributed by atoms with Crippen molar-refractivity contribution < 1.29 is 9.53 Å². The molecule has 5 aromatic rings. The number of benzene rings is 2. The number of rotatable bonds is 9. The second-order valence-corrected chi connectivity index (χ2v) is 10.0. The molecule has 6 rings (SSSR count). The lowest BCUT2D eigenvalue weighted by atomic mass is 10.2. The van der Waals surface area contributed by atoms with Gasteiger partial charge in [0.25, 0.3) is 0 Å².